The summed E-state index contributed by atoms with van der Waals surface area (Å²) < 4.78 is 14.1. The van der Waals surface area contributed by atoms with E-state index < -0.39 is 11.8 Å². The summed E-state index contributed by atoms with van der Waals surface area (Å²) in [5.41, 5.74) is 2.14. The maximum absolute atomic E-state index is 14.1. The third-order valence-electron chi connectivity index (χ3n) is 2.91. The molecule has 2 aromatic rings. The molecule has 4 heteroatoms. The van der Waals surface area contributed by atoms with Gasteiger partial charge in [0.05, 0.1) is 5.56 Å². The molecule has 98 valence electrons. The highest BCUT2D eigenvalue weighted by atomic mass is 35.5. The van der Waals surface area contributed by atoms with Gasteiger partial charge in [0, 0.05) is 10.6 Å². The first-order valence-electron chi connectivity index (χ1n) is 5.70. The maximum Gasteiger partial charge on any atom is 0.336 e. The van der Waals surface area contributed by atoms with Gasteiger partial charge in [0.1, 0.15) is 5.82 Å². The molecule has 0 bridgehead atoms. The molecule has 0 aliphatic rings. The minimum Gasteiger partial charge on any atom is -0.478 e. The molecule has 1 N–H and O–H groups in total. The highest BCUT2D eigenvalue weighted by Gasteiger charge is 2.17. The Morgan fingerprint density at radius 3 is 2.47 bits per heavy atom. The van der Waals surface area contributed by atoms with E-state index in [1.807, 2.05) is 6.07 Å². The van der Waals surface area contributed by atoms with Crippen LogP contribution in [-0.4, -0.2) is 11.1 Å². The van der Waals surface area contributed by atoms with Gasteiger partial charge in [-0.05, 0) is 48.7 Å². The summed E-state index contributed by atoms with van der Waals surface area (Å²) >= 11 is 5.80. The molecule has 0 aromatic heterocycles. The van der Waals surface area contributed by atoms with Gasteiger partial charge in [0.2, 0.25) is 0 Å². The summed E-state index contributed by atoms with van der Waals surface area (Å²) in [5, 5.41) is 9.52. The lowest BCUT2D eigenvalue weighted by Gasteiger charge is -2.12. The summed E-state index contributed by atoms with van der Waals surface area (Å²) in [5.74, 6) is -1.56. The van der Waals surface area contributed by atoms with Crippen LogP contribution in [0.15, 0.2) is 30.3 Å². The molecule has 0 amide bonds. The van der Waals surface area contributed by atoms with Crippen molar-refractivity contribution >= 4 is 17.6 Å². The second kappa shape index (κ2) is 5.02. The van der Waals surface area contributed by atoms with E-state index in [2.05, 4.69) is 0 Å². The summed E-state index contributed by atoms with van der Waals surface area (Å²) in [6.45, 7) is 3.55. The summed E-state index contributed by atoms with van der Waals surface area (Å²) in [4.78, 5) is 11.3. The molecule has 2 rings (SSSR count). The second-order valence-electron chi connectivity index (χ2n) is 4.43. The third-order valence-corrected chi connectivity index (χ3v) is 3.15. The summed E-state index contributed by atoms with van der Waals surface area (Å²) in [6.07, 6.45) is 0. The van der Waals surface area contributed by atoms with Crippen LogP contribution in [0.2, 0.25) is 5.02 Å². The zero-order valence-corrected chi connectivity index (χ0v) is 11.3. The Hall–Kier alpha value is -1.87. The Bertz CT molecular complexity index is 642. The maximum atomic E-state index is 14.1. The van der Waals surface area contributed by atoms with E-state index in [4.69, 9.17) is 11.6 Å². The van der Waals surface area contributed by atoms with E-state index in [0.717, 1.165) is 5.56 Å². The van der Waals surface area contributed by atoms with Gasteiger partial charge in [-0.15, -0.1) is 0 Å². The van der Waals surface area contributed by atoms with E-state index in [1.54, 1.807) is 19.9 Å². The average molecular weight is 279 g/mol. The predicted octanol–water partition coefficient (Wildman–Crippen LogP) is 4.46. The molecule has 0 saturated carbocycles. The molecule has 0 heterocycles. The van der Waals surface area contributed by atoms with Crippen molar-refractivity contribution in [1.29, 1.82) is 0 Å². The van der Waals surface area contributed by atoms with E-state index in [1.165, 1.54) is 18.2 Å². The van der Waals surface area contributed by atoms with Crippen molar-refractivity contribution in [1.82, 2.24) is 0 Å². The number of aromatic carboxylic acids is 1. The first-order valence-corrected chi connectivity index (χ1v) is 6.08. The minimum atomic E-state index is -1.13. The van der Waals surface area contributed by atoms with Gasteiger partial charge < -0.3 is 5.11 Å². The van der Waals surface area contributed by atoms with Crippen LogP contribution in [0.5, 0.6) is 0 Å². The zero-order valence-electron chi connectivity index (χ0n) is 10.5. The molecule has 19 heavy (non-hydrogen) atoms. The van der Waals surface area contributed by atoms with Gasteiger partial charge in [-0.25, -0.2) is 9.18 Å². The van der Waals surface area contributed by atoms with Gasteiger partial charge in [0.25, 0.3) is 0 Å². The number of carbonyl (C=O) groups is 1. The van der Waals surface area contributed by atoms with Crippen LogP contribution in [0.4, 0.5) is 4.39 Å². The van der Waals surface area contributed by atoms with Crippen LogP contribution in [-0.2, 0) is 0 Å². The van der Waals surface area contributed by atoms with Crippen molar-refractivity contribution in [2.75, 3.05) is 0 Å². The number of halogens is 2. The molecule has 0 spiro atoms. The molecule has 0 aliphatic carbocycles. The topological polar surface area (TPSA) is 37.3 Å². The SMILES string of the molecule is Cc1cc(C)c(-c2ccc(Cl)cc2C(=O)O)c(F)c1. The second-order valence-corrected chi connectivity index (χ2v) is 4.87. The quantitative estimate of drug-likeness (QED) is 0.880. The van der Waals surface area contributed by atoms with E-state index >= 15 is 0 Å². The standard InChI is InChI=1S/C15H12ClFO2/c1-8-5-9(2)14(13(17)6-8)11-4-3-10(16)7-12(11)15(18)19/h3-7H,1-2H3,(H,18,19). The molecular weight excluding hydrogens is 267 g/mol. The monoisotopic (exact) mass is 278 g/mol. The third kappa shape index (κ3) is 2.61. The first kappa shape index (κ1) is 13.6. The lowest BCUT2D eigenvalue weighted by atomic mass is 9.94. The highest BCUT2D eigenvalue weighted by Crippen LogP contribution is 2.32. The Balaban J connectivity index is 2.76. The Morgan fingerprint density at radius 1 is 1.21 bits per heavy atom. The number of aryl methyl sites for hydroxylation is 2. The van der Waals surface area contributed by atoms with Crippen LogP contribution in [0.25, 0.3) is 11.1 Å². The number of carboxylic acids is 1. The fourth-order valence-electron chi connectivity index (χ4n) is 2.17. The van der Waals surface area contributed by atoms with Crippen molar-refractivity contribution in [3.63, 3.8) is 0 Å². The normalized spacial score (nSPS) is 10.5. The Kier molecular flexibility index (Phi) is 3.58. The van der Waals surface area contributed by atoms with E-state index in [0.29, 0.717) is 21.7 Å². The fourth-order valence-corrected chi connectivity index (χ4v) is 2.34. The Morgan fingerprint density at radius 2 is 1.89 bits per heavy atom. The Labute approximate surface area is 115 Å². The first-order chi connectivity index (χ1) is 8.90. The summed E-state index contributed by atoms with van der Waals surface area (Å²) in [6, 6.07) is 7.63. The van der Waals surface area contributed by atoms with Gasteiger partial charge in [-0.3, -0.25) is 0 Å². The average Bonchev–Trinajstić information content (AvgIpc) is 2.29. The lowest BCUT2D eigenvalue weighted by Crippen LogP contribution is -2.02. The minimum absolute atomic E-state index is 0.00152. The highest BCUT2D eigenvalue weighted by molar-refractivity contribution is 6.31. The fraction of sp³-hybridized carbons (Fsp3) is 0.133. The predicted molar refractivity (Wildman–Crippen MR) is 73.3 cm³/mol. The van der Waals surface area contributed by atoms with Crippen molar-refractivity contribution in [2.24, 2.45) is 0 Å². The number of benzene rings is 2. The molecule has 0 radical (unpaired) electrons. The molecule has 0 aliphatic heterocycles. The van der Waals surface area contributed by atoms with E-state index in [-0.39, 0.29) is 5.56 Å². The molecule has 0 saturated heterocycles. The van der Waals surface area contributed by atoms with Gasteiger partial charge in [0.15, 0.2) is 0 Å². The number of carboxylic acid groups (broad SMARTS) is 1. The molecule has 2 nitrogen and oxygen atoms in total. The van der Waals surface area contributed by atoms with Crippen molar-refractivity contribution in [2.45, 2.75) is 13.8 Å². The van der Waals surface area contributed by atoms with Crippen molar-refractivity contribution < 1.29 is 14.3 Å². The van der Waals surface area contributed by atoms with Gasteiger partial charge >= 0.3 is 5.97 Å². The molecule has 0 unspecified atom stereocenters. The molecule has 0 atom stereocenters. The summed E-state index contributed by atoms with van der Waals surface area (Å²) in [7, 11) is 0. The lowest BCUT2D eigenvalue weighted by molar-refractivity contribution is 0.0697. The molecule has 0 fully saturated rings. The molecular formula is C15H12ClFO2. The van der Waals surface area contributed by atoms with Crippen LogP contribution in [0.3, 0.4) is 0 Å². The zero-order chi connectivity index (χ0) is 14.2. The van der Waals surface area contributed by atoms with Crippen LogP contribution in [0, 0.1) is 19.7 Å². The smallest absolute Gasteiger partial charge is 0.336 e. The number of rotatable bonds is 2. The van der Waals surface area contributed by atoms with E-state index in [9.17, 15) is 14.3 Å². The van der Waals surface area contributed by atoms with Crippen molar-refractivity contribution in [3.05, 3.63) is 57.9 Å². The van der Waals surface area contributed by atoms with Crippen LogP contribution < -0.4 is 0 Å². The van der Waals surface area contributed by atoms with Crippen LogP contribution in [0.1, 0.15) is 21.5 Å². The largest absolute Gasteiger partial charge is 0.478 e. The number of hydrogen-bond donors (Lipinski definition) is 1. The van der Waals surface area contributed by atoms with Crippen LogP contribution >= 0.6 is 11.6 Å². The molecule has 2 aromatic carbocycles. The van der Waals surface area contributed by atoms with Gasteiger partial charge in [-0.1, -0.05) is 23.7 Å². The van der Waals surface area contributed by atoms with Crippen molar-refractivity contribution in [3.8, 4) is 11.1 Å². The van der Waals surface area contributed by atoms with Gasteiger partial charge in [-0.2, -0.15) is 0 Å². The number of hydrogen-bond acceptors (Lipinski definition) is 1.